The van der Waals surface area contributed by atoms with Crippen LogP contribution in [-0.2, 0) is 11.4 Å². The van der Waals surface area contributed by atoms with Crippen molar-refractivity contribution in [3.63, 3.8) is 0 Å². The van der Waals surface area contributed by atoms with Crippen LogP contribution < -0.4 is 5.73 Å². The van der Waals surface area contributed by atoms with Gasteiger partial charge < -0.3 is 10.6 Å². The van der Waals surface area contributed by atoms with Gasteiger partial charge in [-0.25, -0.2) is 18.7 Å². The Labute approximate surface area is 153 Å². The molecule has 0 saturated carbocycles. The van der Waals surface area contributed by atoms with Gasteiger partial charge in [-0.3, -0.25) is 4.99 Å². The number of hydrogen-bond acceptors (Lipinski definition) is 6. The number of oxime groups is 1. The van der Waals surface area contributed by atoms with Crippen LogP contribution >= 0.6 is 11.6 Å². The van der Waals surface area contributed by atoms with E-state index in [9.17, 15) is 8.78 Å². The molecule has 1 aromatic heterocycles. The monoisotopic (exact) mass is 377 g/mol. The summed E-state index contributed by atoms with van der Waals surface area (Å²) in [5, 5.41) is 3.58. The van der Waals surface area contributed by atoms with E-state index in [1.54, 1.807) is 18.2 Å². The van der Waals surface area contributed by atoms with Crippen molar-refractivity contribution >= 4 is 28.7 Å². The maximum absolute atomic E-state index is 13.8. The fourth-order valence-corrected chi connectivity index (χ4v) is 2.33. The van der Waals surface area contributed by atoms with Crippen molar-refractivity contribution in [3.05, 3.63) is 64.7 Å². The van der Waals surface area contributed by atoms with E-state index in [1.807, 2.05) is 0 Å². The number of nitrogens with two attached hydrogens (primary N) is 1. The molecule has 26 heavy (non-hydrogen) atoms. The van der Waals surface area contributed by atoms with E-state index in [0.717, 1.165) is 6.20 Å². The molecule has 0 bridgehead atoms. The first kappa shape index (κ1) is 17.9. The van der Waals surface area contributed by atoms with Gasteiger partial charge in [0.1, 0.15) is 18.1 Å². The van der Waals surface area contributed by atoms with Crippen molar-refractivity contribution in [2.45, 2.75) is 13.0 Å². The summed E-state index contributed by atoms with van der Waals surface area (Å²) in [4.78, 5) is 17.0. The molecule has 0 unspecified atom stereocenters. The van der Waals surface area contributed by atoms with E-state index in [-0.39, 0.29) is 29.0 Å². The van der Waals surface area contributed by atoms with Crippen LogP contribution in [0.5, 0.6) is 0 Å². The van der Waals surface area contributed by atoms with Gasteiger partial charge in [0, 0.05) is 12.0 Å². The smallest absolute Gasteiger partial charge is 0.178 e. The minimum absolute atomic E-state index is 0.0505. The molecule has 0 fully saturated rings. The number of hydrogen-bond donors (Lipinski definition) is 1. The number of aromatic nitrogens is 2. The number of allylic oxidation sites excluding steroid dienone is 1. The molecule has 1 aliphatic rings. The lowest BCUT2D eigenvalue weighted by atomic mass is 10.1. The summed E-state index contributed by atoms with van der Waals surface area (Å²) in [7, 11) is 0. The molecule has 1 aromatic carbocycles. The Kier molecular flexibility index (Phi) is 5.52. The Morgan fingerprint density at radius 3 is 2.81 bits per heavy atom. The summed E-state index contributed by atoms with van der Waals surface area (Å²) in [6.07, 6.45) is 2.95. The molecule has 3 rings (SSSR count). The van der Waals surface area contributed by atoms with Crippen LogP contribution in [0.3, 0.4) is 0 Å². The summed E-state index contributed by atoms with van der Waals surface area (Å²) in [6, 6.07) is 6.33. The number of rotatable bonds is 5. The first-order valence-corrected chi connectivity index (χ1v) is 8.05. The standard InChI is InChI=1S/C17H14ClF2N5O/c18-16-12(20)9-23-17(24-16)13(21)7-15(14-5-6-26-25-14)22-8-10-3-1-2-4-11(10)19/h1-4,7,9H,5-6,8,21H2. The van der Waals surface area contributed by atoms with E-state index in [4.69, 9.17) is 22.2 Å². The fraction of sp³-hybridized carbons (Fsp3) is 0.176. The van der Waals surface area contributed by atoms with Crippen LogP contribution in [0.2, 0.25) is 5.15 Å². The molecule has 0 amide bonds. The quantitative estimate of drug-likeness (QED) is 0.640. The predicted octanol–water partition coefficient (Wildman–Crippen LogP) is 3.13. The average molecular weight is 378 g/mol. The minimum Gasteiger partial charge on any atom is -0.396 e. The zero-order valence-electron chi connectivity index (χ0n) is 13.5. The Bertz CT molecular complexity index is 914. The molecule has 2 N–H and O–H groups in total. The molecule has 0 saturated heterocycles. The highest BCUT2D eigenvalue weighted by Crippen LogP contribution is 2.14. The van der Waals surface area contributed by atoms with E-state index in [1.165, 1.54) is 12.1 Å². The van der Waals surface area contributed by atoms with E-state index in [2.05, 4.69) is 20.1 Å². The number of nitrogens with zero attached hydrogens (tertiary/aromatic N) is 4. The van der Waals surface area contributed by atoms with E-state index in [0.29, 0.717) is 30.0 Å². The van der Waals surface area contributed by atoms with Crippen molar-refractivity contribution in [2.24, 2.45) is 15.9 Å². The molecule has 0 radical (unpaired) electrons. The predicted molar refractivity (Wildman–Crippen MR) is 94.7 cm³/mol. The zero-order valence-corrected chi connectivity index (χ0v) is 14.2. The molecule has 0 aliphatic carbocycles. The van der Waals surface area contributed by atoms with Crippen LogP contribution in [-0.4, -0.2) is 28.0 Å². The van der Waals surface area contributed by atoms with Crippen LogP contribution in [0.1, 0.15) is 17.8 Å². The summed E-state index contributed by atoms with van der Waals surface area (Å²) < 4.78 is 27.0. The fourth-order valence-electron chi connectivity index (χ4n) is 2.20. The Balaban J connectivity index is 1.92. The Morgan fingerprint density at radius 1 is 1.31 bits per heavy atom. The topological polar surface area (TPSA) is 85.8 Å². The number of halogens is 3. The molecule has 0 spiro atoms. The van der Waals surface area contributed by atoms with Gasteiger partial charge in [0.05, 0.1) is 24.2 Å². The van der Waals surface area contributed by atoms with Gasteiger partial charge in [-0.2, -0.15) is 0 Å². The molecular formula is C17H14ClF2N5O. The molecule has 1 aliphatic heterocycles. The highest BCUT2D eigenvalue weighted by molar-refractivity contribution is 6.47. The van der Waals surface area contributed by atoms with Gasteiger partial charge in [-0.05, 0) is 12.1 Å². The SMILES string of the molecule is NC(=CC(=NCc1ccccc1F)C1=NOCC1)c1ncc(F)c(Cl)n1. The zero-order chi connectivity index (χ0) is 18.5. The van der Waals surface area contributed by atoms with Crippen molar-refractivity contribution in [2.75, 3.05) is 6.61 Å². The summed E-state index contributed by atoms with van der Waals surface area (Å²) >= 11 is 5.66. The largest absolute Gasteiger partial charge is 0.396 e. The first-order valence-electron chi connectivity index (χ1n) is 7.67. The van der Waals surface area contributed by atoms with Crippen molar-refractivity contribution < 1.29 is 13.6 Å². The molecule has 134 valence electrons. The highest BCUT2D eigenvalue weighted by atomic mass is 35.5. The third-order valence-corrected chi connectivity index (χ3v) is 3.79. The minimum atomic E-state index is -0.745. The van der Waals surface area contributed by atoms with Gasteiger partial charge in [0.2, 0.25) is 0 Å². The maximum Gasteiger partial charge on any atom is 0.178 e. The van der Waals surface area contributed by atoms with Crippen LogP contribution in [0, 0.1) is 11.6 Å². The van der Waals surface area contributed by atoms with Crippen LogP contribution in [0.4, 0.5) is 8.78 Å². The van der Waals surface area contributed by atoms with Crippen molar-refractivity contribution in [1.82, 2.24) is 9.97 Å². The molecule has 2 aromatic rings. The van der Waals surface area contributed by atoms with Gasteiger partial charge in [-0.1, -0.05) is 35.0 Å². The molecule has 0 atom stereocenters. The van der Waals surface area contributed by atoms with Crippen LogP contribution in [0.25, 0.3) is 5.70 Å². The van der Waals surface area contributed by atoms with Gasteiger partial charge in [-0.15, -0.1) is 0 Å². The molecular weight excluding hydrogens is 364 g/mol. The van der Waals surface area contributed by atoms with E-state index >= 15 is 0 Å². The van der Waals surface area contributed by atoms with Crippen molar-refractivity contribution in [3.8, 4) is 0 Å². The third-order valence-electron chi connectivity index (χ3n) is 3.53. The van der Waals surface area contributed by atoms with Crippen molar-refractivity contribution in [1.29, 1.82) is 0 Å². The molecule has 2 heterocycles. The number of benzene rings is 1. The first-order chi connectivity index (χ1) is 12.5. The second-order valence-corrected chi connectivity index (χ2v) is 5.70. The molecule has 6 nitrogen and oxygen atoms in total. The number of aliphatic imine (C=N–C) groups is 1. The summed E-state index contributed by atoms with van der Waals surface area (Å²) in [5.74, 6) is -1.05. The van der Waals surface area contributed by atoms with Gasteiger partial charge >= 0.3 is 0 Å². The lowest BCUT2D eigenvalue weighted by Crippen LogP contribution is -2.14. The lowest BCUT2D eigenvalue weighted by Gasteiger charge is -2.05. The summed E-state index contributed by atoms with van der Waals surface area (Å²) in [6.45, 7) is 0.510. The third kappa shape index (κ3) is 4.20. The molecule has 9 heteroatoms. The average Bonchev–Trinajstić information content (AvgIpc) is 3.16. The Morgan fingerprint density at radius 2 is 2.12 bits per heavy atom. The maximum atomic E-state index is 13.8. The van der Waals surface area contributed by atoms with Gasteiger partial charge in [0.25, 0.3) is 0 Å². The normalized spacial score (nSPS) is 15.0. The Hall–Kier alpha value is -2.87. The second-order valence-electron chi connectivity index (χ2n) is 5.35. The summed E-state index contributed by atoms with van der Waals surface area (Å²) in [5.41, 5.74) is 7.51. The lowest BCUT2D eigenvalue weighted by molar-refractivity contribution is 0.174. The van der Waals surface area contributed by atoms with E-state index < -0.39 is 5.82 Å². The van der Waals surface area contributed by atoms with Crippen LogP contribution in [0.15, 0.2) is 46.7 Å². The van der Waals surface area contributed by atoms with Gasteiger partial charge in [0.15, 0.2) is 16.8 Å². The second kappa shape index (κ2) is 8.01. The highest BCUT2D eigenvalue weighted by Gasteiger charge is 2.16.